The van der Waals surface area contributed by atoms with Crippen molar-refractivity contribution in [3.8, 4) is 11.5 Å². The molecule has 0 unspecified atom stereocenters. The van der Waals surface area contributed by atoms with Gasteiger partial charge in [-0.25, -0.2) is 9.59 Å². The Balaban J connectivity index is 1.99. The van der Waals surface area contributed by atoms with E-state index in [4.69, 9.17) is 9.47 Å². The Morgan fingerprint density at radius 1 is 0.697 bits per heavy atom. The van der Waals surface area contributed by atoms with E-state index in [0.717, 1.165) is 0 Å². The van der Waals surface area contributed by atoms with Gasteiger partial charge in [0.05, 0.1) is 14.2 Å². The number of hydrogen-bond donors (Lipinski definition) is 4. The maximum Gasteiger partial charge on any atom is 0.328 e. The molecule has 0 fully saturated rings. The van der Waals surface area contributed by atoms with E-state index in [1.165, 1.54) is 38.5 Å². The molecular formula is C23H26N2O8. The van der Waals surface area contributed by atoms with Crippen molar-refractivity contribution in [1.29, 1.82) is 0 Å². The van der Waals surface area contributed by atoms with Crippen molar-refractivity contribution in [2.24, 2.45) is 0 Å². The number of aromatic hydroxyl groups is 2. The van der Waals surface area contributed by atoms with Gasteiger partial charge >= 0.3 is 11.9 Å². The lowest BCUT2D eigenvalue weighted by atomic mass is 10.0. The van der Waals surface area contributed by atoms with Gasteiger partial charge in [-0.15, -0.1) is 0 Å². The van der Waals surface area contributed by atoms with Gasteiger partial charge < -0.3 is 30.3 Å². The number of esters is 2. The smallest absolute Gasteiger partial charge is 0.328 e. The van der Waals surface area contributed by atoms with E-state index in [2.05, 4.69) is 10.6 Å². The monoisotopic (exact) mass is 458 g/mol. The molecule has 0 aliphatic rings. The van der Waals surface area contributed by atoms with Crippen LogP contribution < -0.4 is 10.6 Å². The maximum absolute atomic E-state index is 12.4. The summed E-state index contributed by atoms with van der Waals surface area (Å²) < 4.78 is 9.43. The largest absolute Gasteiger partial charge is 0.508 e. The Morgan fingerprint density at radius 2 is 1.03 bits per heavy atom. The zero-order valence-electron chi connectivity index (χ0n) is 18.2. The van der Waals surface area contributed by atoms with E-state index >= 15 is 0 Å². The van der Waals surface area contributed by atoms with Crippen molar-refractivity contribution in [3.05, 3.63) is 59.7 Å². The highest BCUT2D eigenvalue weighted by Crippen LogP contribution is 2.13. The summed E-state index contributed by atoms with van der Waals surface area (Å²) in [6.45, 7) is 0. The van der Waals surface area contributed by atoms with E-state index in [0.29, 0.717) is 11.1 Å². The van der Waals surface area contributed by atoms with Crippen molar-refractivity contribution in [2.75, 3.05) is 14.2 Å². The number of benzene rings is 2. The topological polar surface area (TPSA) is 151 Å². The first-order valence-corrected chi connectivity index (χ1v) is 10.0. The molecule has 2 aromatic rings. The third kappa shape index (κ3) is 8.17. The fraction of sp³-hybridized carbons (Fsp3) is 0.304. The fourth-order valence-electron chi connectivity index (χ4n) is 3.04. The number of phenols is 2. The van der Waals surface area contributed by atoms with E-state index in [-0.39, 0.29) is 24.3 Å². The number of amides is 2. The predicted octanol–water partition coefficient (Wildman–Crippen LogP) is 0.589. The lowest BCUT2D eigenvalue weighted by Gasteiger charge is -2.18. The van der Waals surface area contributed by atoms with Crippen LogP contribution in [0.2, 0.25) is 0 Å². The second-order valence-electron chi connectivity index (χ2n) is 7.20. The van der Waals surface area contributed by atoms with Crippen molar-refractivity contribution in [2.45, 2.75) is 31.3 Å². The molecule has 0 aliphatic heterocycles. The lowest BCUT2D eigenvalue weighted by Crippen LogP contribution is -2.47. The summed E-state index contributed by atoms with van der Waals surface area (Å²) in [5.41, 5.74) is 1.32. The molecule has 0 radical (unpaired) electrons. The van der Waals surface area contributed by atoms with Crippen molar-refractivity contribution in [3.63, 3.8) is 0 Å². The maximum atomic E-state index is 12.4. The zero-order chi connectivity index (χ0) is 24.4. The van der Waals surface area contributed by atoms with Gasteiger partial charge in [-0.2, -0.15) is 0 Å². The SMILES string of the molecule is COC(=O)[C@H](Cc1ccc(O)cc1)NC(=O)CC(=O)N[C@@H](Cc1ccc(O)cc1)C(=O)OC. The highest BCUT2D eigenvalue weighted by Gasteiger charge is 2.26. The normalized spacial score (nSPS) is 12.2. The summed E-state index contributed by atoms with van der Waals surface area (Å²) in [6.07, 6.45) is -0.454. The highest BCUT2D eigenvalue weighted by molar-refractivity contribution is 5.99. The Bertz CT molecular complexity index is 893. The number of methoxy groups -OCH3 is 2. The first-order chi connectivity index (χ1) is 15.7. The average Bonchev–Trinajstić information content (AvgIpc) is 2.79. The summed E-state index contributed by atoms with van der Waals surface area (Å²) >= 11 is 0. The third-order valence-corrected chi connectivity index (χ3v) is 4.72. The Morgan fingerprint density at radius 3 is 1.33 bits per heavy atom. The van der Waals surface area contributed by atoms with Gasteiger partial charge in [-0.1, -0.05) is 24.3 Å². The van der Waals surface area contributed by atoms with E-state index in [1.807, 2.05) is 0 Å². The lowest BCUT2D eigenvalue weighted by molar-refractivity contribution is -0.146. The van der Waals surface area contributed by atoms with Crippen LogP contribution in [-0.4, -0.2) is 60.3 Å². The van der Waals surface area contributed by atoms with Gasteiger partial charge in [0.2, 0.25) is 11.8 Å². The van der Waals surface area contributed by atoms with Gasteiger partial charge in [-0.3, -0.25) is 9.59 Å². The number of hydrogen-bond acceptors (Lipinski definition) is 8. The quantitative estimate of drug-likeness (QED) is 0.298. The van der Waals surface area contributed by atoms with Crippen LogP contribution in [0.15, 0.2) is 48.5 Å². The number of rotatable bonds is 10. The number of nitrogens with one attached hydrogen (secondary N) is 2. The van der Waals surface area contributed by atoms with Crippen LogP contribution in [0.25, 0.3) is 0 Å². The summed E-state index contributed by atoms with van der Waals surface area (Å²) in [5.74, 6) is -2.76. The minimum Gasteiger partial charge on any atom is -0.508 e. The number of phenolic OH excluding ortho intramolecular Hbond substituents is 2. The molecule has 10 nitrogen and oxygen atoms in total. The van der Waals surface area contributed by atoms with E-state index in [1.54, 1.807) is 24.3 Å². The van der Waals surface area contributed by atoms with E-state index in [9.17, 15) is 29.4 Å². The van der Waals surface area contributed by atoms with Crippen molar-refractivity contribution < 1.29 is 38.9 Å². The summed E-state index contributed by atoms with van der Waals surface area (Å²) in [6, 6.07) is 10.0. The molecular weight excluding hydrogens is 432 g/mol. The third-order valence-electron chi connectivity index (χ3n) is 4.72. The molecule has 0 bridgehead atoms. The second kappa shape index (κ2) is 12.1. The fourth-order valence-corrected chi connectivity index (χ4v) is 3.04. The van der Waals surface area contributed by atoms with Crippen LogP contribution in [0.1, 0.15) is 17.5 Å². The highest BCUT2D eigenvalue weighted by atomic mass is 16.5. The van der Waals surface area contributed by atoms with Crippen LogP contribution in [-0.2, 0) is 41.5 Å². The summed E-state index contributed by atoms with van der Waals surface area (Å²) in [7, 11) is 2.35. The molecule has 0 aromatic heterocycles. The van der Waals surface area contributed by atoms with Crippen LogP contribution in [0.5, 0.6) is 11.5 Å². The molecule has 176 valence electrons. The molecule has 33 heavy (non-hydrogen) atoms. The molecule has 2 aromatic carbocycles. The van der Waals surface area contributed by atoms with Crippen LogP contribution in [0, 0.1) is 0 Å². The Hall–Kier alpha value is -4.08. The van der Waals surface area contributed by atoms with Crippen molar-refractivity contribution >= 4 is 23.8 Å². The minimum absolute atomic E-state index is 0.0570. The second-order valence-corrected chi connectivity index (χ2v) is 7.20. The number of ether oxygens (including phenoxy) is 2. The Kier molecular flexibility index (Phi) is 9.22. The van der Waals surface area contributed by atoms with Crippen LogP contribution in [0.4, 0.5) is 0 Å². The predicted molar refractivity (Wildman–Crippen MR) is 116 cm³/mol. The van der Waals surface area contributed by atoms with Gasteiger partial charge in [0, 0.05) is 12.8 Å². The summed E-state index contributed by atoms with van der Waals surface area (Å²) in [5, 5.41) is 23.7. The molecule has 2 atom stereocenters. The van der Waals surface area contributed by atoms with Gasteiger partial charge in [-0.05, 0) is 35.4 Å². The molecule has 10 heteroatoms. The molecule has 4 N–H and O–H groups in total. The zero-order valence-corrected chi connectivity index (χ0v) is 18.2. The number of carbonyl (C=O) groups excluding carboxylic acids is 4. The van der Waals surface area contributed by atoms with Crippen molar-refractivity contribution in [1.82, 2.24) is 10.6 Å². The molecule has 0 heterocycles. The summed E-state index contributed by atoms with van der Waals surface area (Å²) in [4.78, 5) is 48.9. The van der Waals surface area contributed by atoms with Crippen LogP contribution >= 0.6 is 0 Å². The Labute approximate surface area is 190 Å². The average molecular weight is 458 g/mol. The number of carbonyl (C=O) groups is 4. The first kappa shape index (κ1) is 25.2. The molecule has 0 spiro atoms. The van der Waals surface area contributed by atoms with Gasteiger partial charge in [0.25, 0.3) is 0 Å². The standard InChI is InChI=1S/C23H26N2O8/c1-32-22(30)18(11-14-3-7-16(26)8-4-14)24-20(28)13-21(29)25-19(23(31)33-2)12-15-5-9-17(27)10-6-15/h3-10,18-19,26-27H,11-13H2,1-2H3,(H,24,28)(H,25,29)/t18-,19-/m0/s1. The molecule has 0 saturated heterocycles. The minimum atomic E-state index is -1.05. The molecule has 2 rings (SSSR count). The van der Waals surface area contributed by atoms with E-state index < -0.39 is 42.3 Å². The molecule has 0 aliphatic carbocycles. The molecule has 0 saturated carbocycles. The van der Waals surface area contributed by atoms with Crippen LogP contribution in [0.3, 0.4) is 0 Å². The van der Waals surface area contributed by atoms with Gasteiger partial charge in [0.15, 0.2) is 0 Å². The molecule has 2 amide bonds. The first-order valence-electron chi connectivity index (χ1n) is 10.0. The van der Waals surface area contributed by atoms with Gasteiger partial charge in [0.1, 0.15) is 30.0 Å².